The lowest BCUT2D eigenvalue weighted by atomic mass is 10.1. The zero-order valence-corrected chi connectivity index (χ0v) is 13.2. The third-order valence-electron chi connectivity index (χ3n) is 2.97. The van der Waals surface area contributed by atoms with E-state index in [1.807, 2.05) is 43.5 Å². The van der Waals surface area contributed by atoms with Gasteiger partial charge in [0.05, 0.1) is 17.1 Å². The maximum Gasteiger partial charge on any atom is 0.261 e. The standard InChI is InChI=1S/C16H17N3O2S/c1-11-5-7-13(8-6-11)12(2)18-19-15(20)10-17-16(21)14-4-3-9-22-14/h3-9H,10H2,1-2H3,(H,17,21)(H,19,20). The Morgan fingerprint density at radius 1 is 1.18 bits per heavy atom. The van der Waals surface area contributed by atoms with E-state index >= 15 is 0 Å². The van der Waals surface area contributed by atoms with Crippen LogP contribution in [0.1, 0.15) is 27.7 Å². The van der Waals surface area contributed by atoms with E-state index < -0.39 is 0 Å². The van der Waals surface area contributed by atoms with Gasteiger partial charge in [-0.15, -0.1) is 11.3 Å². The van der Waals surface area contributed by atoms with Crippen molar-refractivity contribution >= 4 is 28.9 Å². The molecule has 0 radical (unpaired) electrons. The number of hydrogen-bond donors (Lipinski definition) is 2. The third-order valence-corrected chi connectivity index (χ3v) is 3.84. The minimum absolute atomic E-state index is 0.110. The highest BCUT2D eigenvalue weighted by Gasteiger charge is 2.08. The van der Waals surface area contributed by atoms with Crippen LogP contribution in [0.15, 0.2) is 46.9 Å². The lowest BCUT2D eigenvalue weighted by Crippen LogP contribution is -2.34. The first-order valence-corrected chi connectivity index (χ1v) is 7.66. The fourth-order valence-corrected chi connectivity index (χ4v) is 2.34. The highest BCUT2D eigenvalue weighted by atomic mass is 32.1. The molecule has 0 unspecified atom stereocenters. The van der Waals surface area contributed by atoms with Crippen molar-refractivity contribution in [3.8, 4) is 0 Å². The van der Waals surface area contributed by atoms with E-state index in [2.05, 4.69) is 15.8 Å². The summed E-state index contributed by atoms with van der Waals surface area (Å²) >= 11 is 1.33. The minimum Gasteiger partial charge on any atom is -0.342 e. The predicted molar refractivity (Wildman–Crippen MR) is 88.2 cm³/mol. The van der Waals surface area contributed by atoms with Crippen LogP contribution in [0.4, 0.5) is 0 Å². The van der Waals surface area contributed by atoms with Crippen LogP contribution in [0.25, 0.3) is 0 Å². The highest BCUT2D eigenvalue weighted by Crippen LogP contribution is 2.07. The number of carbonyl (C=O) groups is 2. The van der Waals surface area contributed by atoms with Crippen LogP contribution in [0.3, 0.4) is 0 Å². The topological polar surface area (TPSA) is 70.6 Å². The van der Waals surface area contributed by atoms with E-state index in [-0.39, 0.29) is 18.4 Å². The molecule has 2 N–H and O–H groups in total. The molecule has 6 heteroatoms. The second-order valence-electron chi connectivity index (χ2n) is 4.76. The molecule has 0 saturated heterocycles. The molecule has 5 nitrogen and oxygen atoms in total. The molecular formula is C16H17N3O2S. The summed E-state index contributed by atoms with van der Waals surface area (Å²) in [5.41, 5.74) is 5.24. The first-order valence-electron chi connectivity index (χ1n) is 6.78. The molecule has 2 rings (SSSR count). The zero-order valence-electron chi connectivity index (χ0n) is 12.4. The van der Waals surface area contributed by atoms with E-state index in [9.17, 15) is 9.59 Å². The monoisotopic (exact) mass is 315 g/mol. The van der Waals surface area contributed by atoms with Crippen LogP contribution in [-0.4, -0.2) is 24.1 Å². The maximum atomic E-state index is 11.7. The molecule has 1 heterocycles. The lowest BCUT2D eigenvalue weighted by Gasteiger charge is -2.04. The predicted octanol–water partition coefficient (Wildman–Crippen LogP) is 2.33. The van der Waals surface area contributed by atoms with Crippen LogP contribution in [0, 0.1) is 6.92 Å². The van der Waals surface area contributed by atoms with Crippen molar-refractivity contribution in [2.24, 2.45) is 5.10 Å². The van der Waals surface area contributed by atoms with Crippen LogP contribution < -0.4 is 10.7 Å². The molecular weight excluding hydrogens is 298 g/mol. The van der Waals surface area contributed by atoms with Gasteiger partial charge in [0.1, 0.15) is 0 Å². The maximum absolute atomic E-state index is 11.7. The Bertz CT molecular complexity index is 676. The fraction of sp³-hybridized carbons (Fsp3) is 0.188. The van der Waals surface area contributed by atoms with E-state index in [4.69, 9.17) is 0 Å². The summed E-state index contributed by atoms with van der Waals surface area (Å²) in [6.07, 6.45) is 0. The molecule has 0 fully saturated rings. The Labute approximate surface area is 133 Å². The number of nitrogens with zero attached hydrogens (tertiary/aromatic N) is 1. The summed E-state index contributed by atoms with van der Waals surface area (Å²) in [4.78, 5) is 23.9. The molecule has 0 atom stereocenters. The SMILES string of the molecule is CC(=NNC(=O)CNC(=O)c1cccs1)c1ccc(C)cc1. The quantitative estimate of drug-likeness (QED) is 0.656. The summed E-state index contributed by atoms with van der Waals surface area (Å²) in [6.45, 7) is 3.71. The number of amides is 2. The van der Waals surface area contributed by atoms with Gasteiger partial charge in [-0.25, -0.2) is 5.43 Å². The van der Waals surface area contributed by atoms with Crippen LogP contribution in [-0.2, 0) is 4.79 Å². The molecule has 22 heavy (non-hydrogen) atoms. The van der Waals surface area contributed by atoms with Crippen molar-refractivity contribution < 1.29 is 9.59 Å². The minimum atomic E-state index is -0.364. The van der Waals surface area contributed by atoms with Gasteiger partial charge in [-0.05, 0) is 30.9 Å². The highest BCUT2D eigenvalue weighted by molar-refractivity contribution is 7.12. The van der Waals surface area contributed by atoms with Crippen LogP contribution in [0.2, 0.25) is 0 Å². The Hall–Kier alpha value is -2.47. The van der Waals surface area contributed by atoms with E-state index in [1.54, 1.807) is 12.1 Å². The van der Waals surface area contributed by atoms with Gasteiger partial charge in [0, 0.05) is 0 Å². The first kappa shape index (κ1) is 15.9. The van der Waals surface area contributed by atoms with Crippen LogP contribution >= 0.6 is 11.3 Å². The number of hydrazone groups is 1. The summed E-state index contributed by atoms with van der Waals surface area (Å²) in [5, 5.41) is 8.39. The molecule has 114 valence electrons. The molecule has 1 aromatic carbocycles. The second kappa shape index (κ2) is 7.51. The molecule has 0 saturated carbocycles. The molecule has 1 aromatic heterocycles. The van der Waals surface area contributed by atoms with E-state index in [0.29, 0.717) is 10.6 Å². The molecule has 0 spiro atoms. The average molecular weight is 315 g/mol. The van der Waals surface area contributed by atoms with Gasteiger partial charge in [-0.2, -0.15) is 5.10 Å². The summed E-state index contributed by atoms with van der Waals surface area (Å²) in [6, 6.07) is 11.3. The van der Waals surface area contributed by atoms with Gasteiger partial charge < -0.3 is 5.32 Å². The van der Waals surface area contributed by atoms with Gasteiger partial charge in [-0.1, -0.05) is 35.9 Å². The molecule has 0 aliphatic heterocycles. The van der Waals surface area contributed by atoms with Crippen molar-refractivity contribution in [1.82, 2.24) is 10.7 Å². The Balaban J connectivity index is 1.83. The Morgan fingerprint density at radius 3 is 2.55 bits per heavy atom. The van der Waals surface area contributed by atoms with Crippen molar-refractivity contribution in [3.05, 3.63) is 57.8 Å². The number of hydrogen-bond acceptors (Lipinski definition) is 4. The first-order chi connectivity index (χ1) is 10.6. The third kappa shape index (κ3) is 4.53. The summed E-state index contributed by atoms with van der Waals surface area (Å²) < 4.78 is 0. The molecule has 0 bridgehead atoms. The lowest BCUT2D eigenvalue weighted by molar-refractivity contribution is -0.120. The van der Waals surface area contributed by atoms with E-state index in [1.165, 1.54) is 11.3 Å². The number of aryl methyl sites for hydroxylation is 1. The molecule has 2 amide bonds. The normalized spacial score (nSPS) is 11.1. The van der Waals surface area contributed by atoms with Crippen molar-refractivity contribution in [2.45, 2.75) is 13.8 Å². The van der Waals surface area contributed by atoms with Gasteiger partial charge >= 0.3 is 0 Å². The molecule has 0 aliphatic rings. The fourth-order valence-electron chi connectivity index (χ4n) is 1.70. The second-order valence-corrected chi connectivity index (χ2v) is 5.71. The number of thiophene rings is 1. The summed E-state index contributed by atoms with van der Waals surface area (Å²) in [7, 11) is 0. The largest absolute Gasteiger partial charge is 0.342 e. The van der Waals surface area contributed by atoms with Crippen molar-refractivity contribution in [1.29, 1.82) is 0 Å². The smallest absolute Gasteiger partial charge is 0.261 e. The van der Waals surface area contributed by atoms with Gasteiger partial charge in [0.2, 0.25) is 0 Å². The zero-order chi connectivity index (χ0) is 15.9. The number of benzene rings is 1. The van der Waals surface area contributed by atoms with Gasteiger partial charge in [-0.3, -0.25) is 9.59 Å². The number of carbonyl (C=O) groups excluding carboxylic acids is 2. The summed E-state index contributed by atoms with van der Waals surface area (Å²) in [5.74, 6) is -0.624. The Kier molecular flexibility index (Phi) is 5.43. The Morgan fingerprint density at radius 2 is 1.91 bits per heavy atom. The number of nitrogens with one attached hydrogen (secondary N) is 2. The van der Waals surface area contributed by atoms with E-state index in [0.717, 1.165) is 11.1 Å². The van der Waals surface area contributed by atoms with Crippen LogP contribution in [0.5, 0.6) is 0 Å². The molecule has 0 aliphatic carbocycles. The number of rotatable bonds is 5. The van der Waals surface area contributed by atoms with Crippen molar-refractivity contribution in [3.63, 3.8) is 0 Å². The van der Waals surface area contributed by atoms with Gasteiger partial charge in [0.25, 0.3) is 11.8 Å². The molecule has 2 aromatic rings. The van der Waals surface area contributed by atoms with Crippen molar-refractivity contribution in [2.75, 3.05) is 6.54 Å². The van der Waals surface area contributed by atoms with Gasteiger partial charge in [0.15, 0.2) is 0 Å². The average Bonchev–Trinajstić information content (AvgIpc) is 3.05.